The van der Waals surface area contributed by atoms with Gasteiger partial charge in [0.05, 0.1) is 32.5 Å². The van der Waals surface area contributed by atoms with E-state index in [2.05, 4.69) is 19.9 Å². The van der Waals surface area contributed by atoms with Crippen LogP contribution in [0.2, 0.25) is 20.1 Å². The first-order chi connectivity index (χ1) is 21.7. The Bertz CT molecular complexity index is 2040. The Morgan fingerprint density at radius 2 is 0.978 bits per heavy atom. The van der Waals surface area contributed by atoms with Crippen molar-refractivity contribution in [2.24, 2.45) is 0 Å². The molecule has 0 aliphatic heterocycles. The van der Waals surface area contributed by atoms with E-state index in [1.54, 1.807) is 0 Å². The first kappa shape index (κ1) is 31.9. The second kappa shape index (κ2) is 11.6. The smallest absolute Gasteiger partial charge is 0.289 e. The van der Waals surface area contributed by atoms with Gasteiger partial charge in [-0.25, -0.2) is 9.97 Å². The van der Waals surface area contributed by atoms with Crippen molar-refractivity contribution in [3.05, 3.63) is 116 Å². The van der Waals surface area contributed by atoms with Crippen molar-refractivity contribution in [2.75, 3.05) is 0 Å². The highest BCUT2D eigenvalue weighted by molar-refractivity contribution is 6.41. The van der Waals surface area contributed by atoms with Gasteiger partial charge >= 0.3 is 12.4 Å². The Hall–Kier alpha value is -4.03. The van der Waals surface area contributed by atoms with Crippen molar-refractivity contribution in [1.29, 1.82) is 0 Å². The molecule has 232 valence electrons. The number of carbonyl (C=O) groups excluding carboxylic acids is 1. The molecule has 0 saturated heterocycles. The number of carbonyl (C=O) groups is 1. The fourth-order valence-electron chi connectivity index (χ4n) is 5.11. The van der Waals surface area contributed by atoms with Crippen LogP contribution in [0, 0.1) is 0 Å². The molecular weight excluding hydrogens is 700 g/mol. The Morgan fingerprint density at radius 1 is 0.587 bits per heavy atom. The van der Waals surface area contributed by atoms with Gasteiger partial charge in [-0.15, -0.1) is 0 Å². The first-order valence-corrected chi connectivity index (χ1v) is 14.4. The largest absolute Gasteiger partial charge is 0.434 e. The number of pyridine rings is 4. The van der Waals surface area contributed by atoms with Crippen LogP contribution in [0.3, 0.4) is 0 Å². The number of rotatable bonds is 4. The summed E-state index contributed by atoms with van der Waals surface area (Å²) in [5.41, 5.74) is -7.87. The Morgan fingerprint density at radius 3 is 1.30 bits per heavy atom. The normalized spacial score (nSPS) is 12.2. The molecule has 0 aliphatic rings. The lowest BCUT2D eigenvalue weighted by atomic mass is 9.86. The molecule has 6 rings (SSSR count). The maximum atomic E-state index is 15.0. The van der Waals surface area contributed by atoms with Crippen LogP contribution in [0.1, 0.15) is 27.3 Å². The SMILES string of the molecule is O=C(c1c(-c2ccccn2)c(C(F)(F)F)nc2c(Cl)cc(Cl)cc12)c1c(-c2ccccn2)c(C(F)(F)F)nc2c(Cl)cc(Cl)cc12. The van der Waals surface area contributed by atoms with Crippen LogP contribution < -0.4 is 0 Å². The zero-order valence-corrected chi connectivity index (χ0v) is 25.4. The lowest BCUT2D eigenvalue weighted by Gasteiger charge is -2.22. The van der Waals surface area contributed by atoms with E-state index in [4.69, 9.17) is 46.4 Å². The monoisotopic (exact) mass is 710 g/mol. The van der Waals surface area contributed by atoms with E-state index < -0.39 is 62.8 Å². The van der Waals surface area contributed by atoms with Crippen molar-refractivity contribution in [1.82, 2.24) is 19.9 Å². The third-order valence-corrected chi connectivity index (χ3v) is 7.86. The average Bonchev–Trinajstić information content (AvgIpc) is 2.99. The van der Waals surface area contributed by atoms with Crippen LogP contribution in [-0.4, -0.2) is 25.7 Å². The number of benzene rings is 2. The van der Waals surface area contributed by atoms with E-state index in [1.807, 2.05) is 0 Å². The lowest BCUT2D eigenvalue weighted by molar-refractivity contribution is -0.141. The maximum absolute atomic E-state index is 15.0. The highest BCUT2D eigenvalue weighted by Crippen LogP contribution is 2.47. The topological polar surface area (TPSA) is 68.6 Å². The van der Waals surface area contributed by atoms with Gasteiger partial charge in [-0.1, -0.05) is 58.5 Å². The van der Waals surface area contributed by atoms with Gasteiger partial charge in [-0.3, -0.25) is 14.8 Å². The van der Waals surface area contributed by atoms with Crippen molar-refractivity contribution < 1.29 is 31.1 Å². The van der Waals surface area contributed by atoms with E-state index in [-0.39, 0.29) is 42.3 Å². The minimum Gasteiger partial charge on any atom is -0.289 e. The van der Waals surface area contributed by atoms with Crippen LogP contribution in [0.5, 0.6) is 0 Å². The molecule has 5 nitrogen and oxygen atoms in total. The average molecular weight is 712 g/mol. The second-order valence-electron chi connectivity index (χ2n) is 9.74. The molecule has 2 aromatic carbocycles. The summed E-state index contributed by atoms with van der Waals surface area (Å²) < 4.78 is 88.6. The molecule has 0 saturated carbocycles. The molecule has 15 heteroatoms. The molecule has 0 bridgehead atoms. The number of aromatic nitrogens is 4. The van der Waals surface area contributed by atoms with Gasteiger partial charge in [0.2, 0.25) is 0 Å². The predicted molar refractivity (Wildman–Crippen MR) is 163 cm³/mol. The number of halogens is 10. The molecule has 0 unspecified atom stereocenters. The van der Waals surface area contributed by atoms with E-state index in [0.29, 0.717) is 0 Å². The predicted octanol–water partition coefficient (Wildman–Crippen LogP) is 10.8. The van der Waals surface area contributed by atoms with Crippen molar-refractivity contribution in [3.8, 4) is 22.5 Å². The van der Waals surface area contributed by atoms with Crippen molar-refractivity contribution >= 4 is 74.0 Å². The molecule has 0 spiro atoms. The summed E-state index contributed by atoms with van der Waals surface area (Å²) in [7, 11) is 0. The molecule has 0 fully saturated rings. The standard InChI is InChI=1S/C31H12Cl4F6N4O/c32-13-9-15-21(23(19-5-1-3-7-42-19)28(30(36,37)38)44-25(15)17(34)11-13)27(46)22-16-10-14(33)12-18(35)26(16)45-29(31(39,40)41)24(22)20-6-2-4-8-43-20/h1-12H. The second-order valence-corrected chi connectivity index (χ2v) is 11.4. The van der Waals surface area contributed by atoms with E-state index >= 15 is 4.79 Å². The third kappa shape index (κ3) is 5.62. The maximum Gasteiger partial charge on any atom is 0.434 e. The molecule has 4 heterocycles. The fraction of sp³-hybridized carbons (Fsp3) is 0.0645. The Balaban J connectivity index is 1.90. The summed E-state index contributed by atoms with van der Waals surface area (Å²) in [4.78, 5) is 30.7. The van der Waals surface area contributed by atoms with Crippen molar-refractivity contribution in [2.45, 2.75) is 12.4 Å². The third-order valence-electron chi connectivity index (χ3n) is 6.85. The molecule has 46 heavy (non-hydrogen) atoms. The number of hydrogen-bond donors (Lipinski definition) is 0. The number of ketones is 1. The van der Waals surface area contributed by atoms with Crippen LogP contribution in [0.25, 0.3) is 44.3 Å². The molecule has 6 aromatic rings. The minimum absolute atomic E-state index is 0.0910. The molecule has 0 radical (unpaired) electrons. The van der Waals surface area contributed by atoms with Gasteiger partial charge in [-0.05, 0) is 48.5 Å². The summed E-state index contributed by atoms with van der Waals surface area (Å²) in [5.74, 6) is -1.31. The number of nitrogens with zero attached hydrogens (tertiary/aromatic N) is 4. The van der Waals surface area contributed by atoms with E-state index in [0.717, 1.165) is 24.3 Å². The summed E-state index contributed by atoms with van der Waals surface area (Å²) in [6.07, 6.45) is -8.01. The van der Waals surface area contributed by atoms with Crippen LogP contribution >= 0.6 is 46.4 Å². The zero-order valence-electron chi connectivity index (χ0n) is 22.4. The molecule has 4 aromatic heterocycles. The number of hydrogen-bond acceptors (Lipinski definition) is 5. The Labute approximate surface area is 274 Å². The van der Waals surface area contributed by atoms with E-state index in [1.165, 1.54) is 48.8 Å². The van der Waals surface area contributed by atoms with Crippen molar-refractivity contribution in [3.63, 3.8) is 0 Å². The van der Waals surface area contributed by atoms with E-state index in [9.17, 15) is 26.3 Å². The number of fused-ring (bicyclic) bond motifs is 2. The van der Waals surface area contributed by atoms with Crippen LogP contribution in [0.15, 0.2) is 73.1 Å². The highest BCUT2D eigenvalue weighted by Gasteiger charge is 2.43. The summed E-state index contributed by atoms with van der Waals surface area (Å²) in [6.45, 7) is 0. The molecule has 0 atom stereocenters. The molecule has 0 N–H and O–H groups in total. The van der Waals surface area contributed by atoms with Gasteiger partial charge in [0.1, 0.15) is 0 Å². The van der Waals surface area contributed by atoms with Crippen LogP contribution in [0.4, 0.5) is 26.3 Å². The molecule has 0 aliphatic carbocycles. The summed E-state index contributed by atoms with van der Waals surface area (Å²) in [5, 5.41) is -1.44. The van der Waals surface area contributed by atoms with Gasteiger partial charge in [-0.2, -0.15) is 26.3 Å². The van der Waals surface area contributed by atoms with Gasteiger partial charge < -0.3 is 0 Å². The number of alkyl halides is 6. The zero-order chi connectivity index (χ0) is 33.1. The quantitative estimate of drug-likeness (QED) is 0.134. The highest BCUT2D eigenvalue weighted by atomic mass is 35.5. The lowest BCUT2D eigenvalue weighted by Crippen LogP contribution is -2.19. The summed E-state index contributed by atoms with van der Waals surface area (Å²) >= 11 is 25.1. The first-order valence-electron chi connectivity index (χ1n) is 12.8. The summed E-state index contributed by atoms with van der Waals surface area (Å²) in [6, 6.07) is 12.5. The Kier molecular flexibility index (Phi) is 8.08. The van der Waals surface area contributed by atoms with Gasteiger partial charge in [0.15, 0.2) is 17.2 Å². The van der Waals surface area contributed by atoms with Gasteiger partial charge in [0, 0.05) is 55.5 Å². The molecular formula is C31H12Cl4F6N4O. The van der Waals surface area contributed by atoms with Crippen LogP contribution in [-0.2, 0) is 12.4 Å². The van der Waals surface area contributed by atoms with Gasteiger partial charge in [0.25, 0.3) is 0 Å². The fourth-order valence-corrected chi connectivity index (χ4v) is 6.18. The molecule has 0 amide bonds. The minimum atomic E-state index is -5.19.